The first-order chi connectivity index (χ1) is 20.8. The topological polar surface area (TPSA) is 3.24 Å². The monoisotopic (exact) mass is 553 g/mol. The predicted octanol–water partition coefficient (Wildman–Crippen LogP) is 12.0. The summed E-state index contributed by atoms with van der Waals surface area (Å²) >= 11 is 1.90. The number of hydrogen-bond acceptors (Lipinski definition) is 2. The van der Waals surface area contributed by atoms with Gasteiger partial charge in [0, 0.05) is 36.9 Å². The Bertz CT molecular complexity index is 2190. The zero-order chi connectivity index (χ0) is 27.9. The second-order valence-electron chi connectivity index (χ2n) is 10.6. The van der Waals surface area contributed by atoms with Gasteiger partial charge in [0.25, 0.3) is 0 Å². The van der Waals surface area contributed by atoms with E-state index in [0.717, 1.165) is 11.4 Å². The Morgan fingerprint density at radius 1 is 0.381 bits per heavy atom. The minimum Gasteiger partial charge on any atom is -0.310 e. The zero-order valence-corrected chi connectivity index (χ0v) is 23.8. The lowest BCUT2D eigenvalue weighted by atomic mass is 9.99. The Balaban J connectivity index is 1.32. The van der Waals surface area contributed by atoms with Gasteiger partial charge in [-0.05, 0) is 58.0 Å². The fourth-order valence-corrected chi connectivity index (χ4v) is 7.48. The van der Waals surface area contributed by atoms with Crippen molar-refractivity contribution in [3.8, 4) is 22.3 Å². The summed E-state index contributed by atoms with van der Waals surface area (Å²) in [6, 6.07) is 59.0. The van der Waals surface area contributed by atoms with Crippen molar-refractivity contribution in [2.75, 3.05) is 4.90 Å². The largest absolute Gasteiger partial charge is 0.310 e. The number of anilines is 3. The van der Waals surface area contributed by atoms with Crippen LogP contribution in [0.3, 0.4) is 0 Å². The molecule has 42 heavy (non-hydrogen) atoms. The van der Waals surface area contributed by atoms with Crippen molar-refractivity contribution >= 4 is 59.3 Å². The van der Waals surface area contributed by atoms with E-state index in [0.29, 0.717) is 0 Å². The van der Waals surface area contributed by atoms with Crippen molar-refractivity contribution in [2.45, 2.75) is 0 Å². The molecule has 0 aliphatic carbocycles. The lowest BCUT2D eigenvalue weighted by Crippen LogP contribution is -2.10. The highest BCUT2D eigenvalue weighted by molar-refractivity contribution is 7.26. The minimum atomic E-state index is 1.14. The van der Waals surface area contributed by atoms with E-state index in [2.05, 4.69) is 169 Å². The molecule has 0 saturated carbocycles. The third-order valence-corrected chi connectivity index (χ3v) is 9.33. The first-order valence-corrected chi connectivity index (χ1v) is 15.1. The van der Waals surface area contributed by atoms with Gasteiger partial charge in [-0.15, -0.1) is 11.3 Å². The van der Waals surface area contributed by atoms with Crippen LogP contribution in [0.1, 0.15) is 0 Å². The van der Waals surface area contributed by atoms with E-state index in [4.69, 9.17) is 0 Å². The first kappa shape index (κ1) is 24.6. The summed E-state index contributed by atoms with van der Waals surface area (Å²) in [5.41, 5.74) is 8.47. The molecule has 1 aromatic heterocycles. The average Bonchev–Trinajstić information content (AvgIpc) is 3.45. The lowest BCUT2D eigenvalue weighted by molar-refractivity contribution is 1.30. The molecule has 0 bridgehead atoms. The standard InChI is InChI=1S/C40H27NS/c1-3-13-29(14-4-1)34-22-11-24-36-37-25-12-23-35(40(37)42-39(34)36)30-17-9-20-32(27-30)41(31-18-5-2-6-19-31)38-26-10-16-28-15-7-8-21-33(28)38/h1-27H. The Morgan fingerprint density at radius 2 is 0.905 bits per heavy atom. The maximum atomic E-state index is 2.38. The molecule has 0 radical (unpaired) electrons. The van der Waals surface area contributed by atoms with Crippen LogP contribution in [0.15, 0.2) is 164 Å². The summed E-state index contributed by atoms with van der Waals surface area (Å²) < 4.78 is 2.66. The van der Waals surface area contributed by atoms with Gasteiger partial charge in [-0.3, -0.25) is 0 Å². The lowest BCUT2D eigenvalue weighted by Gasteiger charge is -2.27. The maximum absolute atomic E-state index is 2.38. The molecule has 0 aliphatic heterocycles. The third-order valence-electron chi connectivity index (χ3n) is 8.05. The molecule has 0 N–H and O–H groups in total. The Hall–Kier alpha value is -5.18. The number of nitrogens with zero attached hydrogens (tertiary/aromatic N) is 1. The molecule has 198 valence electrons. The normalized spacial score (nSPS) is 11.3. The molecule has 0 aliphatic rings. The molecular weight excluding hydrogens is 527 g/mol. The number of fused-ring (bicyclic) bond motifs is 4. The fourth-order valence-electron chi connectivity index (χ4n) is 6.11. The highest BCUT2D eigenvalue weighted by Crippen LogP contribution is 2.45. The van der Waals surface area contributed by atoms with Crippen LogP contribution < -0.4 is 4.90 Å². The SMILES string of the molecule is c1ccc(-c2cccc3c2sc2c(-c4cccc(N(c5ccccc5)c5cccc6ccccc56)c4)cccc23)cc1. The highest BCUT2D eigenvalue weighted by atomic mass is 32.1. The quantitative estimate of drug-likeness (QED) is 0.205. The van der Waals surface area contributed by atoms with E-state index in [1.165, 1.54) is 58.9 Å². The van der Waals surface area contributed by atoms with E-state index < -0.39 is 0 Å². The molecule has 0 unspecified atom stereocenters. The van der Waals surface area contributed by atoms with Crippen LogP contribution in [0.4, 0.5) is 17.1 Å². The molecule has 1 nitrogen and oxygen atoms in total. The van der Waals surface area contributed by atoms with Crippen LogP contribution in [0, 0.1) is 0 Å². The van der Waals surface area contributed by atoms with Gasteiger partial charge in [0.05, 0.1) is 5.69 Å². The Labute approximate surface area is 249 Å². The van der Waals surface area contributed by atoms with Gasteiger partial charge >= 0.3 is 0 Å². The number of para-hydroxylation sites is 1. The summed E-state index contributed by atoms with van der Waals surface area (Å²) in [7, 11) is 0. The second-order valence-corrected chi connectivity index (χ2v) is 11.6. The number of benzene rings is 7. The maximum Gasteiger partial charge on any atom is 0.0540 e. The van der Waals surface area contributed by atoms with Crippen molar-refractivity contribution in [2.24, 2.45) is 0 Å². The molecule has 2 heteroatoms. The number of thiophene rings is 1. The van der Waals surface area contributed by atoms with Crippen LogP contribution in [0.5, 0.6) is 0 Å². The van der Waals surface area contributed by atoms with Crippen molar-refractivity contribution in [1.29, 1.82) is 0 Å². The van der Waals surface area contributed by atoms with Crippen LogP contribution in [-0.2, 0) is 0 Å². The number of hydrogen-bond donors (Lipinski definition) is 0. The Morgan fingerprint density at radius 3 is 1.67 bits per heavy atom. The van der Waals surface area contributed by atoms with Crippen LogP contribution in [0.2, 0.25) is 0 Å². The van der Waals surface area contributed by atoms with Gasteiger partial charge in [-0.2, -0.15) is 0 Å². The van der Waals surface area contributed by atoms with E-state index >= 15 is 0 Å². The van der Waals surface area contributed by atoms with Crippen molar-refractivity contribution in [3.05, 3.63) is 164 Å². The smallest absolute Gasteiger partial charge is 0.0540 e. The van der Waals surface area contributed by atoms with Crippen molar-refractivity contribution in [3.63, 3.8) is 0 Å². The minimum absolute atomic E-state index is 1.14. The molecule has 0 fully saturated rings. The molecular formula is C40H27NS. The number of rotatable bonds is 5. The van der Waals surface area contributed by atoms with Crippen LogP contribution >= 0.6 is 11.3 Å². The van der Waals surface area contributed by atoms with Gasteiger partial charge in [0.15, 0.2) is 0 Å². The summed E-state index contributed by atoms with van der Waals surface area (Å²) in [6.45, 7) is 0. The van der Waals surface area contributed by atoms with Gasteiger partial charge in [-0.1, -0.05) is 133 Å². The second kappa shape index (κ2) is 10.3. The molecule has 0 atom stereocenters. The highest BCUT2D eigenvalue weighted by Gasteiger charge is 2.17. The van der Waals surface area contributed by atoms with Crippen molar-refractivity contribution in [1.82, 2.24) is 0 Å². The molecule has 0 spiro atoms. The summed E-state index contributed by atoms with van der Waals surface area (Å²) in [5, 5.41) is 5.09. The van der Waals surface area contributed by atoms with Crippen LogP contribution in [0.25, 0.3) is 53.2 Å². The zero-order valence-electron chi connectivity index (χ0n) is 22.9. The molecule has 8 rings (SSSR count). The van der Waals surface area contributed by atoms with Gasteiger partial charge in [-0.25, -0.2) is 0 Å². The van der Waals surface area contributed by atoms with E-state index in [1.54, 1.807) is 0 Å². The predicted molar refractivity (Wildman–Crippen MR) is 182 cm³/mol. The summed E-state index contributed by atoms with van der Waals surface area (Å²) in [4.78, 5) is 2.38. The molecule has 7 aromatic carbocycles. The average molecular weight is 554 g/mol. The molecule has 8 aromatic rings. The van der Waals surface area contributed by atoms with E-state index in [-0.39, 0.29) is 0 Å². The van der Waals surface area contributed by atoms with E-state index in [9.17, 15) is 0 Å². The van der Waals surface area contributed by atoms with Crippen LogP contribution in [-0.4, -0.2) is 0 Å². The van der Waals surface area contributed by atoms with Gasteiger partial charge < -0.3 is 4.90 Å². The third kappa shape index (κ3) is 4.16. The van der Waals surface area contributed by atoms with E-state index in [1.807, 2.05) is 11.3 Å². The van der Waals surface area contributed by atoms with Gasteiger partial charge in [0.1, 0.15) is 0 Å². The molecule has 1 heterocycles. The fraction of sp³-hybridized carbons (Fsp3) is 0. The first-order valence-electron chi connectivity index (χ1n) is 14.3. The Kier molecular flexibility index (Phi) is 6.05. The van der Waals surface area contributed by atoms with Crippen molar-refractivity contribution < 1.29 is 0 Å². The molecule has 0 amide bonds. The summed E-state index contributed by atoms with van der Waals surface area (Å²) in [6.07, 6.45) is 0. The van der Waals surface area contributed by atoms with Gasteiger partial charge in [0.2, 0.25) is 0 Å². The molecule has 0 saturated heterocycles. The summed E-state index contributed by atoms with van der Waals surface area (Å²) in [5.74, 6) is 0.